The zero-order valence-corrected chi connectivity index (χ0v) is 22.3. The lowest BCUT2D eigenvalue weighted by Crippen LogP contribution is -2.48. The van der Waals surface area contributed by atoms with E-state index in [0.29, 0.717) is 25.3 Å². The van der Waals surface area contributed by atoms with Gasteiger partial charge in [0.2, 0.25) is 5.91 Å². The molecule has 33 heavy (non-hydrogen) atoms. The standard InChI is InChI=1S/C25H38N4O3.HI/c1-29(2)24(30)16-27-25(28-23-14-20-7-8-21(23)13-20)26-15-18-3-5-19(6-4-18)17-32-22-9-11-31-12-10-22;/h3-6,20-23H,7-17H2,1-2H3,(H2,26,27,28);1H. The molecule has 7 nitrogen and oxygen atoms in total. The summed E-state index contributed by atoms with van der Waals surface area (Å²) in [4.78, 5) is 18.5. The highest BCUT2D eigenvalue weighted by Gasteiger charge is 2.39. The fourth-order valence-corrected chi connectivity index (χ4v) is 5.04. The molecule has 1 saturated heterocycles. The molecule has 1 aromatic carbocycles. The summed E-state index contributed by atoms with van der Waals surface area (Å²) in [5.41, 5.74) is 2.33. The summed E-state index contributed by atoms with van der Waals surface area (Å²) in [6, 6.07) is 8.95. The van der Waals surface area contributed by atoms with Gasteiger partial charge in [-0.1, -0.05) is 30.7 Å². The van der Waals surface area contributed by atoms with Crippen molar-refractivity contribution in [1.82, 2.24) is 15.5 Å². The number of hydrogen-bond acceptors (Lipinski definition) is 4. The van der Waals surface area contributed by atoms with Gasteiger partial charge < -0.3 is 25.0 Å². The second-order valence-corrected chi connectivity index (χ2v) is 9.67. The molecule has 3 fully saturated rings. The average molecular weight is 571 g/mol. The van der Waals surface area contributed by atoms with Crippen LogP contribution >= 0.6 is 24.0 Å². The number of amides is 1. The highest BCUT2D eigenvalue weighted by atomic mass is 127. The highest BCUT2D eigenvalue weighted by molar-refractivity contribution is 14.0. The second kappa shape index (κ2) is 12.9. The number of nitrogens with one attached hydrogen (secondary N) is 2. The Labute approximate surface area is 215 Å². The van der Waals surface area contributed by atoms with Crippen molar-refractivity contribution >= 4 is 35.8 Å². The van der Waals surface area contributed by atoms with Gasteiger partial charge in [-0.05, 0) is 55.1 Å². The minimum absolute atomic E-state index is 0. The Morgan fingerprint density at radius 2 is 1.82 bits per heavy atom. The summed E-state index contributed by atoms with van der Waals surface area (Å²) < 4.78 is 11.4. The van der Waals surface area contributed by atoms with Crippen LogP contribution in [0.25, 0.3) is 0 Å². The van der Waals surface area contributed by atoms with E-state index < -0.39 is 0 Å². The lowest BCUT2D eigenvalue weighted by molar-refractivity contribution is -0.127. The third-order valence-electron chi connectivity index (χ3n) is 7.06. The Morgan fingerprint density at radius 3 is 2.45 bits per heavy atom. The van der Waals surface area contributed by atoms with Gasteiger partial charge in [-0.15, -0.1) is 24.0 Å². The highest BCUT2D eigenvalue weighted by Crippen LogP contribution is 2.44. The monoisotopic (exact) mass is 570 g/mol. The molecule has 3 unspecified atom stereocenters. The third-order valence-corrected chi connectivity index (χ3v) is 7.06. The lowest BCUT2D eigenvalue weighted by Gasteiger charge is -2.25. The number of nitrogens with zero attached hydrogens (tertiary/aromatic N) is 2. The largest absolute Gasteiger partial charge is 0.381 e. The number of fused-ring (bicyclic) bond motifs is 2. The number of carbonyl (C=O) groups is 1. The normalized spacial score (nSPS) is 24.9. The lowest BCUT2D eigenvalue weighted by atomic mass is 9.95. The Morgan fingerprint density at radius 1 is 1.09 bits per heavy atom. The van der Waals surface area contributed by atoms with Crippen LogP contribution in [0.1, 0.15) is 49.7 Å². The first-order chi connectivity index (χ1) is 15.6. The molecule has 3 aliphatic rings. The van der Waals surface area contributed by atoms with Crippen LogP contribution in [0.2, 0.25) is 0 Å². The molecule has 1 aliphatic heterocycles. The van der Waals surface area contributed by atoms with E-state index in [-0.39, 0.29) is 36.4 Å². The molecule has 4 rings (SSSR count). The molecular weight excluding hydrogens is 531 g/mol. The molecule has 2 bridgehead atoms. The number of hydrogen-bond donors (Lipinski definition) is 2. The third kappa shape index (κ3) is 7.82. The Balaban J connectivity index is 0.00000306. The zero-order chi connectivity index (χ0) is 22.3. The topological polar surface area (TPSA) is 75.2 Å². The maximum Gasteiger partial charge on any atom is 0.241 e. The molecule has 0 spiro atoms. The maximum absolute atomic E-state index is 12.1. The summed E-state index contributed by atoms with van der Waals surface area (Å²) in [6.07, 6.45) is 7.50. The molecule has 2 N–H and O–H groups in total. The van der Waals surface area contributed by atoms with Crippen molar-refractivity contribution in [3.8, 4) is 0 Å². The molecule has 0 aromatic heterocycles. The molecule has 8 heteroatoms. The molecule has 184 valence electrons. The summed E-state index contributed by atoms with van der Waals surface area (Å²) in [5, 5.41) is 6.86. The van der Waals surface area contributed by atoms with Crippen LogP contribution in [-0.4, -0.2) is 62.8 Å². The number of rotatable bonds is 8. The van der Waals surface area contributed by atoms with Crippen LogP contribution in [-0.2, 0) is 27.4 Å². The van der Waals surface area contributed by atoms with Crippen LogP contribution in [0.5, 0.6) is 0 Å². The van der Waals surface area contributed by atoms with Crippen LogP contribution in [0.15, 0.2) is 29.3 Å². The fourth-order valence-electron chi connectivity index (χ4n) is 5.04. The summed E-state index contributed by atoms with van der Waals surface area (Å²) in [6.45, 7) is 3.07. The van der Waals surface area contributed by atoms with Gasteiger partial charge >= 0.3 is 0 Å². The molecule has 1 heterocycles. The zero-order valence-electron chi connectivity index (χ0n) is 19.9. The van der Waals surface area contributed by atoms with E-state index >= 15 is 0 Å². The fraction of sp³-hybridized carbons (Fsp3) is 0.680. The number of guanidine groups is 1. The van der Waals surface area contributed by atoms with Gasteiger partial charge in [0.1, 0.15) is 0 Å². The van der Waals surface area contributed by atoms with Gasteiger partial charge in [0.05, 0.1) is 25.8 Å². The van der Waals surface area contributed by atoms with Crippen molar-refractivity contribution in [2.24, 2.45) is 16.8 Å². The quantitative estimate of drug-likeness (QED) is 0.285. The minimum Gasteiger partial charge on any atom is -0.381 e. The van der Waals surface area contributed by atoms with Crippen molar-refractivity contribution in [3.05, 3.63) is 35.4 Å². The van der Waals surface area contributed by atoms with Crippen LogP contribution < -0.4 is 10.6 Å². The van der Waals surface area contributed by atoms with Gasteiger partial charge in [-0.2, -0.15) is 0 Å². The van der Waals surface area contributed by atoms with Crippen LogP contribution in [0.4, 0.5) is 0 Å². The van der Waals surface area contributed by atoms with E-state index in [9.17, 15) is 4.79 Å². The van der Waals surface area contributed by atoms with Crippen LogP contribution in [0.3, 0.4) is 0 Å². The van der Waals surface area contributed by atoms with Gasteiger partial charge in [-0.25, -0.2) is 4.99 Å². The van der Waals surface area contributed by atoms with E-state index in [0.717, 1.165) is 49.4 Å². The van der Waals surface area contributed by atoms with E-state index in [1.54, 1.807) is 19.0 Å². The first kappa shape index (κ1) is 26.2. The van der Waals surface area contributed by atoms with Crippen molar-refractivity contribution in [3.63, 3.8) is 0 Å². The van der Waals surface area contributed by atoms with Crippen molar-refractivity contribution in [1.29, 1.82) is 0 Å². The van der Waals surface area contributed by atoms with Gasteiger partial charge in [-0.3, -0.25) is 4.79 Å². The molecule has 2 aliphatic carbocycles. The van der Waals surface area contributed by atoms with Gasteiger partial charge in [0.25, 0.3) is 0 Å². The van der Waals surface area contributed by atoms with Crippen LogP contribution in [0, 0.1) is 11.8 Å². The van der Waals surface area contributed by atoms with E-state index in [2.05, 4.69) is 34.9 Å². The van der Waals surface area contributed by atoms with Crippen molar-refractivity contribution in [2.45, 2.75) is 63.8 Å². The second-order valence-electron chi connectivity index (χ2n) is 9.67. The number of carbonyl (C=O) groups excluding carboxylic acids is 1. The number of benzene rings is 1. The molecule has 2 saturated carbocycles. The van der Waals surface area contributed by atoms with Crippen molar-refractivity contribution in [2.75, 3.05) is 33.9 Å². The molecule has 3 atom stereocenters. The first-order valence-corrected chi connectivity index (χ1v) is 12.1. The maximum atomic E-state index is 12.1. The average Bonchev–Trinajstić information content (AvgIpc) is 3.44. The summed E-state index contributed by atoms with van der Waals surface area (Å²) >= 11 is 0. The molecular formula is C25H39IN4O3. The smallest absolute Gasteiger partial charge is 0.241 e. The van der Waals surface area contributed by atoms with E-state index in [4.69, 9.17) is 14.5 Å². The van der Waals surface area contributed by atoms with E-state index in [1.165, 1.54) is 31.2 Å². The minimum atomic E-state index is 0. The number of aliphatic imine (C=N–C) groups is 1. The number of halogens is 1. The van der Waals surface area contributed by atoms with Gasteiger partial charge in [0, 0.05) is 33.4 Å². The first-order valence-electron chi connectivity index (χ1n) is 12.1. The number of likely N-dealkylation sites (N-methyl/N-ethyl adjacent to an activating group) is 1. The SMILES string of the molecule is CN(C)C(=O)CNC(=NCc1ccc(COC2CCOCC2)cc1)NC1CC2CCC1C2.I. The van der Waals surface area contributed by atoms with Gasteiger partial charge in [0.15, 0.2) is 5.96 Å². The molecule has 1 aromatic rings. The predicted molar refractivity (Wildman–Crippen MR) is 141 cm³/mol. The Kier molecular flexibility index (Phi) is 10.2. The van der Waals surface area contributed by atoms with Crippen molar-refractivity contribution < 1.29 is 14.3 Å². The Bertz CT molecular complexity index is 780. The number of ether oxygens (including phenoxy) is 2. The summed E-state index contributed by atoms with van der Waals surface area (Å²) in [7, 11) is 3.55. The Hall–Kier alpha value is -1.39. The molecule has 0 radical (unpaired) electrons. The van der Waals surface area contributed by atoms with E-state index in [1.807, 2.05) is 0 Å². The predicted octanol–water partition coefficient (Wildman–Crippen LogP) is 3.31. The summed E-state index contributed by atoms with van der Waals surface area (Å²) in [5.74, 6) is 2.38. The molecule has 1 amide bonds.